The molecule has 1 aliphatic rings. The zero-order chi connectivity index (χ0) is 19.7. The van der Waals surface area contributed by atoms with Crippen molar-refractivity contribution < 1.29 is 33.6 Å². The molecule has 1 aliphatic heterocycles. The largest absolute Gasteiger partial charge is 0.297 e. The highest BCUT2D eigenvalue weighted by Crippen LogP contribution is 2.26. The van der Waals surface area contributed by atoms with E-state index < -0.39 is 53.8 Å². The minimum atomic E-state index is -4.29. The molecular formula is C16H16O8S3. The monoisotopic (exact) mass is 432 g/mol. The van der Waals surface area contributed by atoms with Gasteiger partial charge in [0.1, 0.15) is 12.2 Å². The van der Waals surface area contributed by atoms with Gasteiger partial charge in [-0.3, -0.25) is 8.37 Å². The van der Waals surface area contributed by atoms with Gasteiger partial charge in [0.25, 0.3) is 20.2 Å². The van der Waals surface area contributed by atoms with Gasteiger partial charge in [-0.25, -0.2) is 8.42 Å². The van der Waals surface area contributed by atoms with Crippen LogP contribution in [0.15, 0.2) is 70.5 Å². The number of hydrogen-bond acceptors (Lipinski definition) is 8. The molecule has 1 saturated heterocycles. The van der Waals surface area contributed by atoms with E-state index in [0.717, 1.165) is 0 Å². The van der Waals surface area contributed by atoms with E-state index in [4.69, 9.17) is 8.37 Å². The Morgan fingerprint density at radius 1 is 0.667 bits per heavy atom. The molecular weight excluding hydrogens is 416 g/mol. The van der Waals surface area contributed by atoms with Crippen molar-refractivity contribution in [1.29, 1.82) is 0 Å². The van der Waals surface area contributed by atoms with Crippen LogP contribution >= 0.6 is 0 Å². The molecule has 27 heavy (non-hydrogen) atoms. The fraction of sp³-hybridized carbons (Fsp3) is 0.250. The molecule has 11 heteroatoms. The van der Waals surface area contributed by atoms with E-state index in [1.807, 2.05) is 0 Å². The van der Waals surface area contributed by atoms with Crippen LogP contribution in [0.2, 0.25) is 0 Å². The molecule has 8 nitrogen and oxygen atoms in total. The molecule has 0 radical (unpaired) electrons. The third kappa shape index (κ3) is 4.74. The summed E-state index contributed by atoms with van der Waals surface area (Å²) in [6.45, 7) is 0. The van der Waals surface area contributed by atoms with Gasteiger partial charge in [-0.2, -0.15) is 16.8 Å². The molecule has 2 aromatic carbocycles. The van der Waals surface area contributed by atoms with Gasteiger partial charge in [0, 0.05) is 0 Å². The van der Waals surface area contributed by atoms with Crippen LogP contribution in [0.3, 0.4) is 0 Å². The molecule has 2 atom stereocenters. The van der Waals surface area contributed by atoms with Gasteiger partial charge >= 0.3 is 0 Å². The van der Waals surface area contributed by atoms with E-state index in [2.05, 4.69) is 0 Å². The van der Waals surface area contributed by atoms with Gasteiger partial charge in [0.2, 0.25) is 0 Å². The molecule has 0 aromatic heterocycles. The second kappa shape index (κ2) is 7.32. The van der Waals surface area contributed by atoms with Crippen LogP contribution in [0, 0.1) is 0 Å². The Bertz CT molecular complexity index is 1020. The summed E-state index contributed by atoms with van der Waals surface area (Å²) in [5.74, 6) is -1.32. The van der Waals surface area contributed by atoms with Gasteiger partial charge < -0.3 is 0 Å². The highest BCUT2D eigenvalue weighted by Gasteiger charge is 2.44. The van der Waals surface area contributed by atoms with Crippen molar-refractivity contribution >= 4 is 30.1 Å². The second-order valence-electron chi connectivity index (χ2n) is 5.88. The Labute approximate surface area is 157 Å². The molecule has 0 amide bonds. The van der Waals surface area contributed by atoms with Crippen molar-refractivity contribution in [2.45, 2.75) is 22.0 Å². The first-order chi connectivity index (χ1) is 12.6. The minimum Gasteiger partial charge on any atom is -0.259 e. The molecule has 0 N–H and O–H groups in total. The van der Waals surface area contributed by atoms with Crippen LogP contribution in [0.25, 0.3) is 0 Å². The summed E-state index contributed by atoms with van der Waals surface area (Å²) < 4.78 is 83.4. The molecule has 0 spiro atoms. The van der Waals surface area contributed by atoms with E-state index in [9.17, 15) is 25.3 Å². The van der Waals surface area contributed by atoms with E-state index in [-0.39, 0.29) is 9.79 Å². The Morgan fingerprint density at radius 2 is 1.00 bits per heavy atom. The third-order valence-corrected chi connectivity index (χ3v) is 8.19. The molecule has 3 rings (SSSR count). The zero-order valence-corrected chi connectivity index (χ0v) is 16.3. The van der Waals surface area contributed by atoms with Crippen molar-refractivity contribution in [3.8, 4) is 0 Å². The van der Waals surface area contributed by atoms with E-state index in [1.165, 1.54) is 48.5 Å². The quantitative estimate of drug-likeness (QED) is 0.619. The van der Waals surface area contributed by atoms with Crippen LogP contribution in [-0.4, -0.2) is 49.0 Å². The molecule has 1 heterocycles. The third-order valence-electron chi connectivity index (χ3n) is 3.82. The van der Waals surface area contributed by atoms with Crippen molar-refractivity contribution in [2.75, 3.05) is 11.5 Å². The Hall–Kier alpha value is -1.79. The van der Waals surface area contributed by atoms with Crippen LogP contribution in [-0.2, 0) is 38.4 Å². The minimum absolute atomic E-state index is 0.168. The van der Waals surface area contributed by atoms with Crippen molar-refractivity contribution in [3.05, 3.63) is 60.7 Å². The summed E-state index contributed by atoms with van der Waals surface area (Å²) in [7, 11) is -12.3. The number of benzene rings is 2. The van der Waals surface area contributed by atoms with E-state index in [0.29, 0.717) is 0 Å². The van der Waals surface area contributed by atoms with Crippen LogP contribution in [0.5, 0.6) is 0 Å². The lowest BCUT2D eigenvalue weighted by Gasteiger charge is -2.18. The summed E-state index contributed by atoms with van der Waals surface area (Å²) in [4.78, 5) is -0.335. The zero-order valence-electron chi connectivity index (χ0n) is 13.8. The summed E-state index contributed by atoms with van der Waals surface area (Å²) in [5, 5.41) is 0. The number of hydrogen-bond donors (Lipinski definition) is 0. The first-order valence-electron chi connectivity index (χ1n) is 7.76. The summed E-state index contributed by atoms with van der Waals surface area (Å²) in [6, 6.07) is 14.3. The lowest BCUT2D eigenvalue weighted by atomic mass is 10.3. The van der Waals surface area contributed by atoms with Crippen LogP contribution < -0.4 is 0 Å². The molecule has 0 aliphatic carbocycles. The summed E-state index contributed by atoms with van der Waals surface area (Å²) in [6.07, 6.45) is -2.95. The molecule has 146 valence electrons. The fourth-order valence-corrected chi connectivity index (χ4v) is 6.69. The van der Waals surface area contributed by atoms with Crippen LogP contribution in [0.1, 0.15) is 0 Å². The highest BCUT2D eigenvalue weighted by molar-refractivity contribution is 7.92. The maximum absolute atomic E-state index is 12.4. The summed E-state index contributed by atoms with van der Waals surface area (Å²) >= 11 is 0. The lowest BCUT2D eigenvalue weighted by Crippen LogP contribution is -2.34. The van der Waals surface area contributed by atoms with Gasteiger partial charge in [-0.1, -0.05) is 36.4 Å². The predicted molar refractivity (Wildman–Crippen MR) is 95.7 cm³/mol. The number of sulfone groups is 1. The van der Waals surface area contributed by atoms with Crippen molar-refractivity contribution in [2.24, 2.45) is 0 Å². The van der Waals surface area contributed by atoms with Gasteiger partial charge in [0.15, 0.2) is 9.84 Å². The normalized spacial score (nSPS) is 22.5. The number of rotatable bonds is 6. The second-order valence-corrected chi connectivity index (χ2v) is 11.2. The fourth-order valence-electron chi connectivity index (χ4n) is 2.57. The van der Waals surface area contributed by atoms with Crippen molar-refractivity contribution in [3.63, 3.8) is 0 Å². The first-order valence-corrected chi connectivity index (χ1v) is 12.4. The summed E-state index contributed by atoms with van der Waals surface area (Å²) in [5.41, 5.74) is 0. The average Bonchev–Trinajstić information content (AvgIpc) is 2.88. The molecule has 0 saturated carbocycles. The van der Waals surface area contributed by atoms with Crippen molar-refractivity contribution in [1.82, 2.24) is 0 Å². The molecule has 0 unspecified atom stereocenters. The lowest BCUT2D eigenvalue weighted by molar-refractivity contribution is 0.101. The van der Waals surface area contributed by atoms with E-state index >= 15 is 0 Å². The maximum Gasteiger partial charge on any atom is 0.297 e. The molecule has 1 fully saturated rings. The maximum atomic E-state index is 12.4. The first kappa shape index (κ1) is 20.0. The topological polar surface area (TPSA) is 121 Å². The Kier molecular flexibility index (Phi) is 5.41. The smallest absolute Gasteiger partial charge is 0.259 e. The van der Waals surface area contributed by atoms with Gasteiger partial charge in [-0.05, 0) is 24.3 Å². The SMILES string of the molecule is O=S1(=O)C[C@H](OS(=O)(=O)c2ccccc2)[C@H](OS(=O)(=O)c2ccccc2)C1. The Morgan fingerprint density at radius 3 is 1.33 bits per heavy atom. The van der Waals surface area contributed by atoms with Gasteiger partial charge in [-0.15, -0.1) is 0 Å². The average molecular weight is 432 g/mol. The highest BCUT2D eigenvalue weighted by atomic mass is 32.2. The standard InChI is InChI=1S/C16H16O8S3/c17-25(18)11-15(23-26(19,20)13-7-3-1-4-8-13)16(12-25)24-27(21,22)14-9-5-2-6-10-14/h1-10,15-16H,11-12H2/t15-,16+. The molecule has 0 bridgehead atoms. The van der Waals surface area contributed by atoms with E-state index in [1.54, 1.807) is 12.1 Å². The predicted octanol–water partition coefficient (Wildman–Crippen LogP) is 0.963. The van der Waals surface area contributed by atoms with Gasteiger partial charge in [0.05, 0.1) is 21.3 Å². The van der Waals surface area contributed by atoms with Crippen LogP contribution in [0.4, 0.5) is 0 Å². The Balaban J connectivity index is 1.86. The molecule has 2 aromatic rings.